The maximum Gasteiger partial charge on any atom is 0.294 e. The van der Waals surface area contributed by atoms with Gasteiger partial charge in [0.15, 0.2) is 0 Å². The van der Waals surface area contributed by atoms with Gasteiger partial charge < -0.3 is 15.0 Å². The molecular weight excluding hydrogens is 458 g/mol. The van der Waals surface area contributed by atoms with Crippen molar-refractivity contribution < 1.29 is 9.53 Å². The molecule has 8 heteroatoms. The first-order valence-electron chi connectivity index (χ1n) is 11.6. The molecule has 1 amide bonds. The van der Waals surface area contributed by atoms with Crippen molar-refractivity contribution in [3.05, 3.63) is 89.6 Å². The van der Waals surface area contributed by atoms with E-state index < -0.39 is 0 Å². The number of carbonyl (C=O) groups is 1. The number of benzene rings is 2. The van der Waals surface area contributed by atoms with E-state index in [1.165, 1.54) is 0 Å². The number of aromatic nitrogens is 4. The molecule has 0 saturated heterocycles. The first-order chi connectivity index (χ1) is 17.1. The largest absolute Gasteiger partial charge is 0.494 e. The number of hydrogen-bond donors (Lipinski definition) is 2. The molecule has 0 aliphatic carbocycles. The zero-order chi connectivity index (χ0) is 24.5. The molecule has 0 atom stereocenters. The van der Waals surface area contributed by atoms with E-state index in [2.05, 4.69) is 38.7 Å². The zero-order valence-corrected chi connectivity index (χ0v) is 20.8. The lowest BCUT2D eigenvalue weighted by Crippen LogP contribution is -2.14. The van der Waals surface area contributed by atoms with Crippen LogP contribution in [0.3, 0.4) is 0 Å². The highest BCUT2D eigenvalue weighted by Gasteiger charge is 2.14. The molecule has 35 heavy (non-hydrogen) atoms. The molecule has 0 fully saturated rings. The molecule has 7 nitrogen and oxygen atoms in total. The van der Waals surface area contributed by atoms with Gasteiger partial charge in [0, 0.05) is 12.6 Å². The van der Waals surface area contributed by atoms with Gasteiger partial charge in [0.2, 0.25) is 5.82 Å². The molecule has 0 aliphatic rings. The molecule has 0 bridgehead atoms. The molecule has 0 radical (unpaired) electrons. The van der Waals surface area contributed by atoms with E-state index >= 15 is 0 Å². The van der Waals surface area contributed by atoms with Crippen molar-refractivity contribution in [2.45, 2.75) is 26.2 Å². The van der Waals surface area contributed by atoms with Gasteiger partial charge in [-0.3, -0.25) is 4.79 Å². The van der Waals surface area contributed by atoms with Crippen LogP contribution in [0, 0.1) is 6.92 Å². The van der Waals surface area contributed by atoms with Gasteiger partial charge in [-0.25, -0.2) is 4.98 Å². The van der Waals surface area contributed by atoms with Gasteiger partial charge >= 0.3 is 0 Å². The monoisotopic (exact) mass is 487 g/mol. The third kappa shape index (κ3) is 6.93. The first-order valence-corrected chi connectivity index (χ1v) is 13.0. The Morgan fingerprint density at radius 1 is 1.06 bits per heavy atom. The summed E-state index contributed by atoms with van der Waals surface area (Å²) in [5.41, 5.74) is 4.19. The number of carbonyl (C=O) groups excluding carboxylic acids is 1. The van der Waals surface area contributed by atoms with Crippen molar-refractivity contribution in [1.29, 1.82) is 0 Å². The number of hydrogen-bond acceptors (Lipinski definition) is 6. The highest BCUT2D eigenvalue weighted by molar-refractivity contribution is 7.98. The summed E-state index contributed by atoms with van der Waals surface area (Å²) in [5, 5.41) is 10.9. The zero-order valence-electron chi connectivity index (χ0n) is 20.0. The van der Waals surface area contributed by atoms with E-state index in [1.807, 2.05) is 72.4 Å². The second kappa shape index (κ2) is 12.2. The smallest absolute Gasteiger partial charge is 0.294 e. The van der Waals surface area contributed by atoms with E-state index in [4.69, 9.17) is 4.74 Å². The van der Waals surface area contributed by atoms with E-state index in [0.717, 1.165) is 46.6 Å². The van der Waals surface area contributed by atoms with E-state index in [0.29, 0.717) is 24.7 Å². The number of anilines is 1. The maximum absolute atomic E-state index is 12.7. The molecule has 0 saturated carbocycles. The lowest BCUT2D eigenvalue weighted by molar-refractivity contribution is 0.101. The number of aromatic amines is 1. The maximum atomic E-state index is 12.7. The average molecular weight is 488 g/mol. The van der Waals surface area contributed by atoms with Crippen molar-refractivity contribution >= 4 is 23.5 Å². The highest BCUT2D eigenvalue weighted by atomic mass is 32.2. The minimum Gasteiger partial charge on any atom is -0.494 e. The van der Waals surface area contributed by atoms with Crippen molar-refractivity contribution in [2.24, 2.45) is 0 Å². The second-order valence-corrected chi connectivity index (χ2v) is 9.18. The summed E-state index contributed by atoms with van der Waals surface area (Å²) in [6, 6.07) is 19.8. The minimum absolute atomic E-state index is 0.149. The average Bonchev–Trinajstić information content (AvgIpc) is 3.34. The predicted octanol–water partition coefficient (Wildman–Crippen LogP) is 5.54. The fraction of sp³-hybridized carbons (Fsp3) is 0.259. The SMILES string of the molecule is CSCCCCOc1ccc(C)c(-c2ccnc(NC(=O)c3nnc(Cc4ccccc4)[nH]3)c2)c1. The Balaban J connectivity index is 1.42. The van der Waals surface area contributed by atoms with Crippen LogP contribution in [-0.2, 0) is 6.42 Å². The molecular formula is C27H29N5O2S. The first kappa shape index (κ1) is 24.5. The molecule has 2 N–H and O–H groups in total. The number of aryl methyl sites for hydroxylation is 1. The molecule has 2 heterocycles. The molecule has 0 unspecified atom stereocenters. The van der Waals surface area contributed by atoms with Crippen molar-refractivity contribution in [3.8, 4) is 16.9 Å². The van der Waals surface area contributed by atoms with Crippen molar-refractivity contribution in [2.75, 3.05) is 23.9 Å². The summed E-state index contributed by atoms with van der Waals surface area (Å²) in [6.45, 7) is 2.75. The predicted molar refractivity (Wildman–Crippen MR) is 141 cm³/mol. The molecule has 4 aromatic rings. The number of amides is 1. The van der Waals surface area contributed by atoms with Crippen LogP contribution in [0.1, 0.15) is 40.4 Å². The van der Waals surface area contributed by atoms with Crippen molar-refractivity contribution in [1.82, 2.24) is 20.2 Å². The normalized spacial score (nSPS) is 10.8. The van der Waals surface area contributed by atoms with Gasteiger partial charge in [0.1, 0.15) is 17.4 Å². The Kier molecular flexibility index (Phi) is 8.51. The van der Waals surface area contributed by atoms with E-state index in [1.54, 1.807) is 6.20 Å². The molecule has 2 aromatic heterocycles. The number of nitrogens with zero attached hydrogens (tertiary/aromatic N) is 3. The molecule has 180 valence electrons. The Morgan fingerprint density at radius 3 is 2.74 bits per heavy atom. The molecule has 0 aliphatic heterocycles. The Morgan fingerprint density at radius 2 is 1.91 bits per heavy atom. The summed E-state index contributed by atoms with van der Waals surface area (Å²) < 4.78 is 5.95. The lowest BCUT2D eigenvalue weighted by Gasteiger charge is -2.12. The van der Waals surface area contributed by atoms with E-state index in [-0.39, 0.29) is 11.7 Å². The third-order valence-corrected chi connectivity index (χ3v) is 6.19. The number of pyridine rings is 1. The van der Waals surface area contributed by atoms with Gasteiger partial charge in [-0.05, 0) is 78.3 Å². The Labute approximate surface area is 209 Å². The number of thioether (sulfide) groups is 1. The number of unbranched alkanes of at least 4 members (excludes halogenated alkanes) is 1. The molecule has 4 rings (SSSR count). The van der Waals surface area contributed by atoms with Crippen LogP contribution in [0.2, 0.25) is 0 Å². The summed E-state index contributed by atoms with van der Waals surface area (Å²) >= 11 is 1.85. The minimum atomic E-state index is -0.388. The van der Waals surface area contributed by atoms with E-state index in [9.17, 15) is 4.79 Å². The Hall–Kier alpha value is -3.65. The number of ether oxygens (including phenoxy) is 1. The third-order valence-electron chi connectivity index (χ3n) is 5.50. The summed E-state index contributed by atoms with van der Waals surface area (Å²) in [7, 11) is 0. The summed E-state index contributed by atoms with van der Waals surface area (Å²) in [5.74, 6) is 2.82. The lowest BCUT2D eigenvalue weighted by atomic mass is 10.0. The van der Waals surface area contributed by atoms with Crippen LogP contribution in [0.25, 0.3) is 11.1 Å². The van der Waals surface area contributed by atoms with Crippen LogP contribution in [0.5, 0.6) is 5.75 Å². The standard InChI is InChI=1S/C27H29N5O2S/c1-19-10-11-22(34-14-6-7-15-35-2)18-23(19)21-12-13-28-24(17-21)30-27(33)26-29-25(31-32-26)16-20-8-4-3-5-9-20/h3-5,8-13,17-18H,6-7,14-16H2,1-2H3,(H,28,30,33)(H,29,31,32). The highest BCUT2D eigenvalue weighted by Crippen LogP contribution is 2.29. The fourth-order valence-corrected chi connectivity index (χ4v) is 4.14. The summed E-state index contributed by atoms with van der Waals surface area (Å²) in [4.78, 5) is 20.0. The van der Waals surface area contributed by atoms with Crippen LogP contribution < -0.4 is 10.1 Å². The fourth-order valence-electron chi connectivity index (χ4n) is 3.65. The van der Waals surface area contributed by atoms with Gasteiger partial charge in [-0.1, -0.05) is 36.4 Å². The van der Waals surface area contributed by atoms with Gasteiger partial charge in [-0.15, -0.1) is 10.2 Å². The quantitative estimate of drug-likeness (QED) is 0.270. The second-order valence-electron chi connectivity index (χ2n) is 8.19. The number of H-pyrrole nitrogens is 1. The molecule has 0 spiro atoms. The van der Waals surface area contributed by atoms with Gasteiger partial charge in [0.05, 0.1) is 6.61 Å². The Bertz CT molecular complexity index is 1260. The van der Waals surface area contributed by atoms with Crippen LogP contribution in [0.4, 0.5) is 5.82 Å². The topological polar surface area (TPSA) is 92.8 Å². The van der Waals surface area contributed by atoms with Crippen LogP contribution in [0.15, 0.2) is 66.9 Å². The summed E-state index contributed by atoms with van der Waals surface area (Å²) in [6.07, 6.45) is 6.55. The number of nitrogens with one attached hydrogen (secondary N) is 2. The van der Waals surface area contributed by atoms with Crippen molar-refractivity contribution in [3.63, 3.8) is 0 Å². The number of rotatable bonds is 11. The van der Waals surface area contributed by atoms with Crippen LogP contribution in [-0.4, -0.2) is 44.7 Å². The van der Waals surface area contributed by atoms with Gasteiger partial charge in [-0.2, -0.15) is 11.8 Å². The van der Waals surface area contributed by atoms with Gasteiger partial charge in [0.25, 0.3) is 5.91 Å². The molecule has 2 aromatic carbocycles. The van der Waals surface area contributed by atoms with Crippen LogP contribution >= 0.6 is 11.8 Å².